The minimum Gasteiger partial charge on any atom is -0.320 e. The number of anilines is 1. The Morgan fingerprint density at radius 1 is 1.17 bits per heavy atom. The first kappa shape index (κ1) is 14.8. The summed E-state index contributed by atoms with van der Waals surface area (Å²) in [5, 5.41) is 11.1. The van der Waals surface area contributed by atoms with E-state index in [1.54, 1.807) is 27.8 Å². The van der Waals surface area contributed by atoms with Gasteiger partial charge >= 0.3 is 0 Å². The molecule has 0 aliphatic rings. The highest BCUT2D eigenvalue weighted by Crippen LogP contribution is 2.08. The van der Waals surface area contributed by atoms with Crippen molar-refractivity contribution in [1.82, 2.24) is 19.6 Å². The van der Waals surface area contributed by atoms with Crippen molar-refractivity contribution in [2.75, 3.05) is 5.32 Å². The van der Waals surface area contributed by atoms with Crippen LogP contribution in [0.15, 0.2) is 61.2 Å². The van der Waals surface area contributed by atoms with Crippen LogP contribution in [0.4, 0.5) is 5.69 Å². The fourth-order valence-electron chi connectivity index (χ4n) is 2.17. The molecule has 1 aromatic carbocycles. The molecule has 23 heavy (non-hydrogen) atoms. The number of nitrogens with one attached hydrogen (secondary N) is 1. The van der Waals surface area contributed by atoms with Gasteiger partial charge in [-0.2, -0.15) is 10.2 Å². The van der Waals surface area contributed by atoms with Gasteiger partial charge in [-0.15, -0.1) is 0 Å². The Balaban J connectivity index is 1.58. The fraction of sp³-hybridized carbons (Fsp3) is 0.118. The Morgan fingerprint density at radius 3 is 2.74 bits per heavy atom. The van der Waals surface area contributed by atoms with E-state index in [9.17, 15) is 4.79 Å². The number of carbonyl (C=O) groups excluding carboxylic acids is 1. The average Bonchev–Trinajstić information content (AvgIpc) is 3.15. The molecular weight excluding hydrogens is 290 g/mol. The summed E-state index contributed by atoms with van der Waals surface area (Å²) in [6.07, 6.45) is 10.2. The first-order chi connectivity index (χ1) is 11.2. The second-order valence-electron chi connectivity index (χ2n) is 5.18. The SMILES string of the molecule is Cn1cc(/C=C\C(=O)Nc2cnn(Cc3ccccc3)c2)cn1. The topological polar surface area (TPSA) is 64.7 Å². The van der Waals surface area contributed by atoms with Crippen LogP contribution in [0.2, 0.25) is 0 Å². The monoisotopic (exact) mass is 307 g/mol. The molecule has 1 amide bonds. The van der Waals surface area contributed by atoms with Gasteiger partial charge in [-0.05, 0) is 11.6 Å². The van der Waals surface area contributed by atoms with Gasteiger partial charge in [0.25, 0.3) is 0 Å². The molecule has 0 saturated carbocycles. The van der Waals surface area contributed by atoms with Crippen LogP contribution in [0.1, 0.15) is 11.1 Å². The maximum atomic E-state index is 11.9. The Hall–Kier alpha value is -3.15. The van der Waals surface area contributed by atoms with Gasteiger partial charge in [0.15, 0.2) is 0 Å². The van der Waals surface area contributed by atoms with E-state index in [2.05, 4.69) is 15.5 Å². The van der Waals surface area contributed by atoms with Crippen molar-refractivity contribution in [2.24, 2.45) is 7.05 Å². The van der Waals surface area contributed by atoms with Crippen molar-refractivity contribution in [3.63, 3.8) is 0 Å². The molecule has 0 fully saturated rings. The van der Waals surface area contributed by atoms with E-state index in [0.29, 0.717) is 12.2 Å². The lowest BCUT2D eigenvalue weighted by Gasteiger charge is -2.01. The van der Waals surface area contributed by atoms with Crippen LogP contribution in [0.5, 0.6) is 0 Å². The van der Waals surface area contributed by atoms with Gasteiger partial charge in [0, 0.05) is 31.1 Å². The van der Waals surface area contributed by atoms with Crippen LogP contribution in [0.25, 0.3) is 6.08 Å². The standard InChI is InChI=1S/C17H17N5O/c1-21-11-15(9-18-21)7-8-17(23)20-16-10-19-22(13-16)12-14-5-3-2-4-6-14/h2-11,13H,12H2,1H3,(H,20,23)/b8-7-. The van der Waals surface area contributed by atoms with Crippen molar-refractivity contribution in [2.45, 2.75) is 6.54 Å². The average molecular weight is 307 g/mol. The summed E-state index contributed by atoms with van der Waals surface area (Å²) in [5.74, 6) is -0.201. The number of aromatic nitrogens is 4. The molecule has 0 bridgehead atoms. The van der Waals surface area contributed by atoms with E-state index in [4.69, 9.17) is 0 Å². The third-order valence-corrected chi connectivity index (χ3v) is 3.24. The normalized spacial score (nSPS) is 11.0. The minimum absolute atomic E-state index is 0.201. The van der Waals surface area contributed by atoms with Crippen LogP contribution in [-0.2, 0) is 18.4 Å². The smallest absolute Gasteiger partial charge is 0.248 e. The molecule has 2 aromatic heterocycles. The lowest BCUT2D eigenvalue weighted by molar-refractivity contribution is -0.111. The highest BCUT2D eigenvalue weighted by atomic mass is 16.1. The van der Waals surface area contributed by atoms with Gasteiger partial charge in [-0.1, -0.05) is 30.3 Å². The highest BCUT2D eigenvalue weighted by molar-refractivity contribution is 6.01. The molecule has 1 N–H and O–H groups in total. The van der Waals surface area contributed by atoms with E-state index in [1.165, 1.54) is 6.08 Å². The Morgan fingerprint density at radius 2 is 2.00 bits per heavy atom. The fourth-order valence-corrected chi connectivity index (χ4v) is 2.17. The number of carbonyl (C=O) groups is 1. The molecule has 2 heterocycles. The summed E-state index contributed by atoms with van der Waals surface area (Å²) in [6, 6.07) is 10.0. The van der Waals surface area contributed by atoms with Crippen molar-refractivity contribution < 1.29 is 4.79 Å². The van der Waals surface area contributed by atoms with Gasteiger partial charge in [0.2, 0.25) is 5.91 Å². The van der Waals surface area contributed by atoms with E-state index in [-0.39, 0.29) is 5.91 Å². The number of nitrogens with zero attached hydrogens (tertiary/aromatic N) is 4. The van der Waals surface area contributed by atoms with Crippen LogP contribution >= 0.6 is 0 Å². The Bertz CT molecular complexity index is 816. The molecule has 116 valence electrons. The van der Waals surface area contributed by atoms with Crippen molar-refractivity contribution in [1.29, 1.82) is 0 Å². The summed E-state index contributed by atoms with van der Waals surface area (Å²) < 4.78 is 3.47. The summed E-state index contributed by atoms with van der Waals surface area (Å²) in [5.41, 5.74) is 2.70. The number of aryl methyl sites for hydroxylation is 1. The summed E-state index contributed by atoms with van der Waals surface area (Å²) in [7, 11) is 1.83. The second-order valence-corrected chi connectivity index (χ2v) is 5.18. The highest BCUT2D eigenvalue weighted by Gasteiger charge is 2.02. The molecule has 3 rings (SSSR count). The molecule has 0 spiro atoms. The summed E-state index contributed by atoms with van der Waals surface area (Å²) >= 11 is 0. The second kappa shape index (κ2) is 6.74. The minimum atomic E-state index is -0.201. The maximum Gasteiger partial charge on any atom is 0.248 e. The quantitative estimate of drug-likeness (QED) is 0.736. The third-order valence-electron chi connectivity index (χ3n) is 3.24. The van der Waals surface area contributed by atoms with Crippen LogP contribution in [0.3, 0.4) is 0 Å². The first-order valence-corrected chi connectivity index (χ1v) is 7.23. The van der Waals surface area contributed by atoms with Gasteiger partial charge in [-0.25, -0.2) is 0 Å². The zero-order valence-electron chi connectivity index (χ0n) is 12.8. The molecule has 3 aromatic rings. The third kappa shape index (κ3) is 4.16. The van der Waals surface area contributed by atoms with Gasteiger partial charge in [0.05, 0.1) is 24.6 Å². The van der Waals surface area contributed by atoms with Gasteiger partial charge in [0.1, 0.15) is 0 Å². The zero-order chi connectivity index (χ0) is 16.1. The van der Waals surface area contributed by atoms with Gasteiger partial charge in [-0.3, -0.25) is 14.2 Å². The molecule has 0 atom stereocenters. The summed E-state index contributed by atoms with van der Waals surface area (Å²) in [6.45, 7) is 0.669. The molecule has 6 nitrogen and oxygen atoms in total. The Kier molecular flexibility index (Phi) is 4.33. The number of amides is 1. The van der Waals surface area contributed by atoms with Crippen LogP contribution in [0, 0.1) is 0 Å². The molecule has 0 radical (unpaired) electrons. The largest absolute Gasteiger partial charge is 0.320 e. The summed E-state index contributed by atoms with van der Waals surface area (Å²) in [4.78, 5) is 11.9. The van der Waals surface area contributed by atoms with E-state index in [1.807, 2.05) is 49.8 Å². The predicted octanol–water partition coefficient (Wildman–Crippen LogP) is 2.32. The zero-order valence-corrected chi connectivity index (χ0v) is 12.8. The van der Waals surface area contributed by atoms with Gasteiger partial charge < -0.3 is 5.32 Å². The van der Waals surface area contributed by atoms with Crippen molar-refractivity contribution in [3.8, 4) is 0 Å². The molecule has 6 heteroatoms. The molecular formula is C17H17N5O. The lowest BCUT2D eigenvalue weighted by atomic mass is 10.2. The molecule has 0 saturated heterocycles. The van der Waals surface area contributed by atoms with Crippen molar-refractivity contribution >= 4 is 17.7 Å². The van der Waals surface area contributed by atoms with E-state index in [0.717, 1.165) is 11.1 Å². The van der Waals surface area contributed by atoms with E-state index >= 15 is 0 Å². The maximum absolute atomic E-state index is 11.9. The van der Waals surface area contributed by atoms with Crippen LogP contribution in [-0.4, -0.2) is 25.5 Å². The number of hydrogen-bond acceptors (Lipinski definition) is 3. The first-order valence-electron chi connectivity index (χ1n) is 7.23. The van der Waals surface area contributed by atoms with E-state index < -0.39 is 0 Å². The predicted molar refractivity (Wildman–Crippen MR) is 88.6 cm³/mol. The molecule has 0 unspecified atom stereocenters. The Labute approximate surface area is 134 Å². The number of rotatable bonds is 5. The molecule has 0 aliphatic carbocycles. The number of benzene rings is 1. The lowest BCUT2D eigenvalue weighted by Crippen LogP contribution is -2.07. The van der Waals surface area contributed by atoms with Crippen molar-refractivity contribution in [3.05, 3.63) is 72.3 Å². The molecule has 0 aliphatic heterocycles. The number of hydrogen-bond donors (Lipinski definition) is 1. The van der Waals surface area contributed by atoms with Crippen LogP contribution < -0.4 is 5.32 Å².